The number of carbonyl (C=O) groups is 1. The SMILES string of the molecule is Cn1ccc([C@H]2CCCCN2C(=O)CCc2cc3n(n2)CCCNC3)n1. The molecule has 0 bridgehead atoms. The van der Waals surface area contributed by atoms with Crippen molar-refractivity contribution < 1.29 is 4.79 Å². The van der Waals surface area contributed by atoms with Gasteiger partial charge in [-0.2, -0.15) is 10.2 Å². The lowest BCUT2D eigenvalue weighted by Crippen LogP contribution is -2.38. The number of nitrogens with zero attached hydrogens (tertiary/aromatic N) is 5. The van der Waals surface area contributed by atoms with E-state index in [0.717, 1.165) is 63.3 Å². The highest BCUT2D eigenvalue weighted by molar-refractivity contribution is 5.77. The Kier molecular flexibility index (Phi) is 5.06. The van der Waals surface area contributed by atoms with Crippen LogP contribution in [0.2, 0.25) is 0 Å². The van der Waals surface area contributed by atoms with Crippen LogP contribution in [0.1, 0.15) is 55.2 Å². The molecule has 2 aliphatic rings. The first-order chi connectivity index (χ1) is 12.7. The monoisotopic (exact) mass is 356 g/mol. The maximum atomic E-state index is 12.9. The third-order valence-electron chi connectivity index (χ3n) is 5.44. The number of amides is 1. The molecule has 1 saturated heterocycles. The molecule has 1 amide bonds. The van der Waals surface area contributed by atoms with E-state index in [-0.39, 0.29) is 11.9 Å². The van der Waals surface area contributed by atoms with E-state index in [1.165, 1.54) is 5.69 Å². The predicted molar refractivity (Wildman–Crippen MR) is 98.4 cm³/mol. The second-order valence-electron chi connectivity index (χ2n) is 7.39. The summed E-state index contributed by atoms with van der Waals surface area (Å²) in [6.07, 6.45) is 7.54. The van der Waals surface area contributed by atoms with Gasteiger partial charge in [-0.1, -0.05) is 0 Å². The third-order valence-corrected chi connectivity index (χ3v) is 5.44. The van der Waals surface area contributed by atoms with E-state index in [2.05, 4.69) is 21.2 Å². The second-order valence-corrected chi connectivity index (χ2v) is 7.39. The number of piperidine rings is 1. The van der Waals surface area contributed by atoms with E-state index >= 15 is 0 Å². The summed E-state index contributed by atoms with van der Waals surface area (Å²) >= 11 is 0. The van der Waals surface area contributed by atoms with Crippen molar-refractivity contribution in [3.05, 3.63) is 35.4 Å². The summed E-state index contributed by atoms with van der Waals surface area (Å²) in [6, 6.07) is 4.31. The molecule has 4 rings (SSSR count). The van der Waals surface area contributed by atoms with Crippen LogP contribution < -0.4 is 5.32 Å². The lowest BCUT2D eigenvalue weighted by Gasteiger charge is -2.34. The molecule has 7 heteroatoms. The first kappa shape index (κ1) is 17.3. The number of rotatable bonds is 4. The van der Waals surface area contributed by atoms with E-state index in [4.69, 9.17) is 5.10 Å². The van der Waals surface area contributed by atoms with E-state index in [1.54, 1.807) is 0 Å². The largest absolute Gasteiger partial charge is 0.334 e. The number of fused-ring (bicyclic) bond motifs is 1. The number of likely N-dealkylation sites (tertiary alicyclic amines) is 1. The Hall–Kier alpha value is -2.15. The van der Waals surface area contributed by atoms with Crippen LogP contribution >= 0.6 is 0 Å². The Morgan fingerprint density at radius 2 is 2.19 bits per heavy atom. The summed E-state index contributed by atoms with van der Waals surface area (Å²) in [6.45, 7) is 3.71. The van der Waals surface area contributed by atoms with Crippen molar-refractivity contribution in [2.75, 3.05) is 13.1 Å². The van der Waals surface area contributed by atoms with Gasteiger partial charge in [0.05, 0.1) is 23.1 Å². The van der Waals surface area contributed by atoms with Crippen LogP contribution in [0.5, 0.6) is 0 Å². The molecule has 7 nitrogen and oxygen atoms in total. The van der Waals surface area contributed by atoms with Crippen molar-refractivity contribution in [3.63, 3.8) is 0 Å². The molecule has 2 aliphatic heterocycles. The third kappa shape index (κ3) is 3.67. The van der Waals surface area contributed by atoms with Crippen LogP contribution in [-0.2, 0) is 31.4 Å². The van der Waals surface area contributed by atoms with Crippen LogP contribution in [-0.4, -0.2) is 43.5 Å². The summed E-state index contributed by atoms with van der Waals surface area (Å²) < 4.78 is 3.91. The molecular weight excluding hydrogens is 328 g/mol. The maximum Gasteiger partial charge on any atom is 0.223 e. The van der Waals surface area contributed by atoms with Gasteiger partial charge in [-0.25, -0.2) is 0 Å². The zero-order valence-corrected chi connectivity index (χ0v) is 15.5. The average Bonchev–Trinajstić information content (AvgIpc) is 3.20. The Labute approximate surface area is 154 Å². The lowest BCUT2D eigenvalue weighted by atomic mass is 9.98. The molecular formula is C19H28N6O. The van der Waals surface area contributed by atoms with Crippen molar-refractivity contribution >= 4 is 5.91 Å². The molecule has 2 aromatic heterocycles. The minimum Gasteiger partial charge on any atom is -0.334 e. The zero-order valence-electron chi connectivity index (χ0n) is 15.5. The fourth-order valence-electron chi connectivity index (χ4n) is 4.07. The number of aryl methyl sites for hydroxylation is 3. The van der Waals surface area contributed by atoms with Gasteiger partial charge in [0.15, 0.2) is 0 Å². The minimum absolute atomic E-state index is 0.125. The number of hydrogen-bond donors (Lipinski definition) is 1. The van der Waals surface area contributed by atoms with Crippen LogP contribution in [0.3, 0.4) is 0 Å². The van der Waals surface area contributed by atoms with Gasteiger partial charge in [0.25, 0.3) is 0 Å². The molecule has 0 unspecified atom stereocenters. The molecule has 1 atom stereocenters. The Balaban J connectivity index is 1.40. The average molecular weight is 356 g/mol. The normalized spacial score (nSPS) is 20.7. The molecule has 4 heterocycles. The van der Waals surface area contributed by atoms with Crippen LogP contribution in [0.25, 0.3) is 0 Å². The van der Waals surface area contributed by atoms with E-state index in [1.807, 2.05) is 28.9 Å². The van der Waals surface area contributed by atoms with Gasteiger partial charge in [0.2, 0.25) is 5.91 Å². The van der Waals surface area contributed by atoms with Crippen molar-refractivity contribution in [2.45, 2.75) is 57.7 Å². The molecule has 0 radical (unpaired) electrons. The zero-order chi connectivity index (χ0) is 17.9. The predicted octanol–water partition coefficient (Wildman–Crippen LogP) is 1.80. The first-order valence-corrected chi connectivity index (χ1v) is 9.76. The van der Waals surface area contributed by atoms with Crippen molar-refractivity contribution in [2.24, 2.45) is 7.05 Å². The minimum atomic E-state index is 0.125. The summed E-state index contributed by atoms with van der Waals surface area (Å²) in [5.41, 5.74) is 3.28. The molecule has 0 saturated carbocycles. The second kappa shape index (κ2) is 7.61. The van der Waals surface area contributed by atoms with Crippen molar-refractivity contribution in [1.82, 2.24) is 29.8 Å². The van der Waals surface area contributed by atoms with Crippen LogP contribution in [0.4, 0.5) is 0 Å². The maximum absolute atomic E-state index is 12.9. The van der Waals surface area contributed by atoms with Gasteiger partial charge < -0.3 is 10.2 Å². The number of hydrogen-bond acceptors (Lipinski definition) is 4. The molecule has 0 aliphatic carbocycles. The fourth-order valence-corrected chi connectivity index (χ4v) is 4.07. The van der Waals surface area contributed by atoms with Crippen molar-refractivity contribution in [3.8, 4) is 0 Å². The topological polar surface area (TPSA) is 68.0 Å². The van der Waals surface area contributed by atoms with Gasteiger partial charge in [0.1, 0.15) is 0 Å². The summed E-state index contributed by atoms with van der Waals surface area (Å²) in [7, 11) is 1.93. The van der Waals surface area contributed by atoms with Gasteiger partial charge in [0, 0.05) is 45.7 Å². The highest BCUT2D eigenvalue weighted by Crippen LogP contribution is 2.30. The number of aromatic nitrogens is 4. The molecule has 0 aromatic carbocycles. The van der Waals surface area contributed by atoms with E-state index < -0.39 is 0 Å². The standard InChI is InChI=1S/C19H28N6O/c1-23-12-8-17(22-23)18-5-2-3-10-24(18)19(26)7-6-15-13-16-14-20-9-4-11-25(16)21-15/h8,12-13,18,20H,2-7,9-11,14H2,1H3/t18-/m1/s1. The van der Waals surface area contributed by atoms with Gasteiger partial charge >= 0.3 is 0 Å². The quantitative estimate of drug-likeness (QED) is 0.907. The summed E-state index contributed by atoms with van der Waals surface area (Å²) in [4.78, 5) is 14.9. The van der Waals surface area contributed by atoms with Crippen LogP contribution in [0.15, 0.2) is 18.3 Å². The fraction of sp³-hybridized carbons (Fsp3) is 0.632. The van der Waals surface area contributed by atoms with E-state index in [9.17, 15) is 4.79 Å². The van der Waals surface area contributed by atoms with E-state index in [0.29, 0.717) is 12.8 Å². The van der Waals surface area contributed by atoms with Gasteiger partial charge in [-0.3, -0.25) is 14.2 Å². The summed E-state index contributed by atoms with van der Waals surface area (Å²) in [5, 5.41) is 12.7. The molecule has 1 fully saturated rings. The van der Waals surface area contributed by atoms with Crippen LogP contribution in [0, 0.1) is 0 Å². The molecule has 2 aromatic rings. The smallest absolute Gasteiger partial charge is 0.223 e. The van der Waals surface area contributed by atoms with Crippen molar-refractivity contribution in [1.29, 1.82) is 0 Å². The highest BCUT2D eigenvalue weighted by atomic mass is 16.2. The molecule has 1 N–H and O–H groups in total. The Morgan fingerprint density at radius 3 is 3.04 bits per heavy atom. The Bertz CT molecular complexity index is 740. The Morgan fingerprint density at radius 1 is 1.27 bits per heavy atom. The molecule has 140 valence electrons. The lowest BCUT2D eigenvalue weighted by molar-refractivity contribution is -0.135. The first-order valence-electron chi connectivity index (χ1n) is 9.76. The van der Waals surface area contributed by atoms with Gasteiger partial charge in [-0.15, -0.1) is 0 Å². The molecule has 0 spiro atoms. The van der Waals surface area contributed by atoms with Gasteiger partial charge in [-0.05, 0) is 44.4 Å². The number of nitrogens with one attached hydrogen (secondary N) is 1. The summed E-state index contributed by atoms with van der Waals surface area (Å²) in [5.74, 6) is 0.224. The number of carbonyl (C=O) groups excluding carboxylic acids is 1. The highest BCUT2D eigenvalue weighted by Gasteiger charge is 2.29. The molecule has 26 heavy (non-hydrogen) atoms.